The molecule has 0 atom stereocenters. The minimum Gasteiger partial charge on any atom is -0.367 e. The van der Waals surface area contributed by atoms with Crippen LogP contribution < -0.4 is 10.6 Å². The summed E-state index contributed by atoms with van der Waals surface area (Å²) in [6.07, 6.45) is -2.69. The fraction of sp³-hybridized carbons (Fsp3) is 0.444. The maximum absolute atomic E-state index is 12.1. The Morgan fingerprint density at radius 3 is 2.57 bits per heavy atom. The van der Waals surface area contributed by atoms with Gasteiger partial charge < -0.3 is 20.3 Å². The summed E-state index contributed by atoms with van der Waals surface area (Å²) in [6, 6.07) is 6.97. The van der Waals surface area contributed by atoms with E-state index < -0.39 is 12.8 Å². The molecule has 10 heteroatoms. The van der Waals surface area contributed by atoms with Crippen molar-refractivity contribution in [1.29, 1.82) is 0 Å². The standard InChI is InChI=1S/C18H25F3N4O2.HI/c1-4-8-22-17(24-11-16(26)25(2)3)23-10-14-6-5-7-15(9-14)12-27-13-18(19,20)21;/h4-7,9H,1,8,10-13H2,2-3H3,(H2,22,23,24);1H. The van der Waals surface area contributed by atoms with Gasteiger partial charge in [-0.2, -0.15) is 13.2 Å². The molecule has 1 aromatic rings. The van der Waals surface area contributed by atoms with Gasteiger partial charge in [0.1, 0.15) is 6.61 Å². The third kappa shape index (κ3) is 11.8. The van der Waals surface area contributed by atoms with E-state index in [2.05, 4.69) is 26.9 Å². The molecule has 28 heavy (non-hydrogen) atoms. The molecule has 1 amide bonds. The molecule has 0 fully saturated rings. The third-order valence-electron chi connectivity index (χ3n) is 3.27. The minimum atomic E-state index is -4.34. The highest BCUT2D eigenvalue weighted by Gasteiger charge is 2.27. The molecule has 1 aromatic carbocycles. The van der Waals surface area contributed by atoms with E-state index in [0.29, 0.717) is 18.1 Å². The van der Waals surface area contributed by atoms with E-state index in [1.165, 1.54) is 4.90 Å². The van der Waals surface area contributed by atoms with Gasteiger partial charge in [-0.1, -0.05) is 30.3 Å². The van der Waals surface area contributed by atoms with Crippen molar-refractivity contribution in [2.45, 2.75) is 19.3 Å². The first-order valence-corrected chi connectivity index (χ1v) is 8.27. The second-order valence-electron chi connectivity index (χ2n) is 5.90. The Hall–Kier alpha value is -1.82. The smallest absolute Gasteiger partial charge is 0.367 e. The molecule has 2 N–H and O–H groups in total. The molecule has 0 spiro atoms. The van der Waals surface area contributed by atoms with Crippen LogP contribution in [0.4, 0.5) is 13.2 Å². The second-order valence-corrected chi connectivity index (χ2v) is 5.90. The molecular weight excluding hydrogens is 488 g/mol. The van der Waals surface area contributed by atoms with Crippen LogP contribution in [-0.4, -0.2) is 56.7 Å². The molecule has 0 aliphatic carbocycles. The lowest BCUT2D eigenvalue weighted by atomic mass is 10.1. The van der Waals surface area contributed by atoms with Crippen molar-refractivity contribution >= 4 is 35.8 Å². The number of hydrogen-bond acceptors (Lipinski definition) is 3. The minimum absolute atomic E-state index is 0. The number of hydrogen-bond donors (Lipinski definition) is 2. The van der Waals surface area contributed by atoms with E-state index in [1.807, 2.05) is 6.07 Å². The zero-order valence-corrected chi connectivity index (χ0v) is 18.2. The molecule has 0 aliphatic heterocycles. The number of rotatable bonds is 9. The van der Waals surface area contributed by atoms with E-state index in [-0.39, 0.29) is 49.6 Å². The van der Waals surface area contributed by atoms with Crippen molar-refractivity contribution < 1.29 is 22.7 Å². The summed E-state index contributed by atoms with van der Waals surface area (Å²) >= 11 is 0. The zero-order valence-electron chi connectivity index (χ0n) is 15.9. The SMILES string of the molecule is C=CCNC(=NCc1cccc(COCC(F)(F)F)c1)NCC(=O)N(C)C.I. The average molecular weight is 514 g/mol. The molecule has 0 radical (unpaired) electrons. The predicted octanol–water partition coefficient (Wildman–Crippen LogP) is 2.69. The summed E-state index contributed by atoms with van der Waals surface area (Å²) in [7, 11) is 3.31. The van der Waals surface area contributed by atoms with Crippen LogP contribution in [-0.2, 0) is 22.7 Å². The van der Waals surface area contributed by atoms with Crippen LogP contribution in [0.15, 0.2) is 41.9 Å². The van der Waals surface area contributed by atoms with Gasteiger partial charge in [-0.05, 0) is 11.1 Å². The lowest BCUT2D eigenvalue weighted by Crippen LogP contribution is -2.43. The second kappa shape index (κ2) is 13.4. The van der Waals surface area contributed by atoms with Crippen molar-refractivity contribution in [2.75, 3.05) is 33.8 Å². The van der Waals surface area contributed by atoms with Gasteiger partial charge in [-0.15, -0.1) is 30.6 Å². The molecule has 1 rings (SSSR count). The van der Waals surface area contributed by atoms with Gasteiger partial charge in [0.2, 0.25) is 5.91 Å². The molecule has 0 aromatic heterocycles. The first kappa shape index (κ1) is 26.2. The van der Waals surface area contributed by atoms with Crippen molar-refractivity contribution in [3.05, 3.63) is 48.0 Å². The van der Waals surface area contributed by atoms with Crippen molar-refractivity contribution in [2.24, 2.45) is 4.99 Å². The van der Waals surface area contributed by atoms with Crippen LogP contribution in [0.3, 0.4) is 0 Å². The van der Waals surface area contributed by atoms with Crippen LogP contribution in [0.5, 0.6) is 0 Å². The maximum Gasteiger partial charge on any atom is 0.411 e. The number of alkyl halides is 3. The number of guanidine groups is 1. The normalized spacial score (nSPS) is 11.4. The summed E-state index contributed by atoms with van der Waals surface area (Å²) in [6.45, 7) is 3.04. The fourth-order valence-corrected chi connectivity index (χ4v) is 1.93. The number of nitrogens with zero attached hydrogens (tertiary/aromatic N) is 2. The third-order valence-corrected chi connectivity index (χ3v) is 3.27. The van der Waals surface area contributed by atoms with Crippen molar-refractivity contribution in [3.63, 3.8) is 0 Å². The van der Waals surface area contributed by atoms with E-state index >= 15 is 0 Å². The highest BCUT2D eigenvalue weighted by Crippen LogP contribution is 2.16. The average Bonchev–Trinajstić information content (AvgIpc) is 2.60. The van der Waals surface area contributed by atoms with Gasteiger partial charge >= 0.3 is 6.18 Å². The monoisotopic (exact) mass is 514 g/mol. The molecule has 0 heterocycles. The first-order valence-electron chi connectivity index (χ1n) is 8.27. The lowest BCUT2D eigenvalue weighted by Gasteiger charge is -2.14. The van der Waals surface area contributed by atoms with Gasteiger partial charge in [-0.25, -0.2) is 4.99 Å². The van der Waals surface area contributed by atoms with E-state index in [9.17, 15) is 18.0 Å². The number of benzene rings is 1. The number of likely N-dealkylation sites (N-methyl/N-ethyl adjacent to an activating group) is 1. The summed E-state index contributed by atoms with van der Waals surface area (Å²) in [4.78, 5) is 17.5. The topological polar surface area (TPSA) is 66.0 Å². The highest BCUT2D eigenvalue weighted by molar-refractivity contribution is 14.0. The summed E-state index contributed by atoms with van der Waals surface area (Å²) in [5, 5.41) is 5.92. The van der Waals surface area contributed by atoms with Crippen LogP contribution in [0.25, 0.3) is 0 Å². The van der Waals surface area contributed by atoms with Crippen LogP contribution in [0.2, 0.25) is 0 Å². The molecular formula is C18H26F3IN4O2. The van der Waals surface area contributed by atoms with Gasteiger partial charge in [0.15, 0.2) is 5.96 Å². The van der Waals surface area contributed by atoms with Crippen molar-refractivity contribution in [1.82, 2.24) is 15.5 Å². The van der Waals surface area contributed by atoms with Gasteiger partial charge in [0.05, 0.1) is 19.7 Å². The summed E-state index contributed by atoms with van der Waals surface area (Å²) in [5.74, 6) is 0.329. The van der Waals surface area contributed by atoms with E-state index in [4.69, 9.17) is 0 Å². The predicted molar refractivity (Wildman–Crippen MR) is 114 cm³/mol. The Bertz CT molecular complexity index is 652. The Morgan fingerprint density at radius 1 is 1.29 bits per heavy atom. The number of aliphatic imine (C=N–C) groups is 1. The quantitative estimate of drug-likeness (QED) is 0.230. The number of halogens is 4. The highest BCUT2D eigenvalue weighted by atomic mass is 127. The van der Waals surface area contributed by atoms with Gasteiger partial charge in [0, 0.05) is 20.6 Å². The Kier molecular flexibility index (Phi) is 12.5. The number of amides is 1. The molecule has 0 saturated heterocycles. The summed E-state index contributed by atoms with van der Waals surface area (Å²) < 4.78 is 41.1. The van der Waals surface area contributed by atoms with Crippen LogP contribution in [0, 0.1) is 0 Å². The molecule has 0 bridgehead atoms. The van der Waals surface area contributed by atoms with Gasteiger partial charge in [-0.3, -0.25) is 4.79 Å². The molecule has 0 saturated carbocycles. The number of ether oxygens (including phenoxy) is 1. The largest absolute Gasteiger partial charge is 0.411 e. The lowest BCUT2D eigenvalue weighted by molar-refractivity contribution is -0.176. The Balaban J connectivity index is 0.00000729. The fourth-order valence-electron chi connectivity index (χ4n) is 1.93. The maximum atomic E-state index is 12.1. The van der Waals surface area contributed by atoms with E-state index in [1.54, 1.807) is 38.4 Å². The van der Waals surface area contributed by atoms with E-state index in [0.717, 1.165) is 5.56 Å². The number of carbonyl (C=O) groups excluding carboxylic acids is 1. The zero-order chi connectivity index (χ0) is 20.3. The van der Waals surface area contributed by atoms with Crippen molar-refractivity contribution in [3.8, 4) is 0 Å². The van der Waals surface area contributed by atoms with Crippen LogP contribution >= 0.6 is 24.0 Å². The molecule has 158 valence electrons. The Labute approximate surface area is 180 Å². The number of nitrogens with one attached hydrogen (secondary N) is 2. The Morgan fingerprint density at radius 2 is 1.96 bits per heavy atom. The van der Waals surface area contributed by atoms with Crippen LogP contribution in [0.1, 0.15) is 11.1 Å². The molecule has 0 unspecified atom stereocenters. The number of carbonyl (C=O) groups is 1. The molecule has 0 aliphatic rings. The first-order chi connectivity index (χ1) is 12.7. The van der Waals surface area contributed by atoms with Gasteiger partial charge in [0.25, 0.3) is 0 Å². The summed E-state index contributed by atoms with van der Waals surface area (Å²) in [5.41, 5.74) is 1.44. The molecule has 6 nitrogen and oxygen atoms in total.